The molecule has 2 rings (SSSR count). The zero-order valence-corrected chi connectivity index (χ0v) is 15.7. The fourth-order valence-electron chi connectivity index (χ4n) is 2.91. The Morgan fingerprint density at radius 3 is 1.57 bits per heavy atom. The zero-order valence-electron chi connectivity index (χ0n) is 13.6. The van der Waals surface area contributed by atoms with E-state index in [1.807, 2.05) is 0 Å². The molecule has 1 aliphatic heterocycles. The van der Waals surface area contributed by atoms with Gasteiger partial charge in [-0.15, -0.1) is 0 Å². The van der Waals surface area contributed by atoms with Gasteiger partial charge in [0.15, 0.2) is 11.5 Å². The highest BCUT2D eigenvalue weighted by molar-refractivity contribution is 5.67. The molecule has 1 aliphatic rings. The Kier molecular flexibility index (Phi) is 5.98. The van der Waals surface area contributed by atoms with E-state index in [2.05, 4.69) is 14.1 Å². The van der Waals surface area contributed by atoms with Crippen LogP contribution in [0.2, 0.25) is 0 Å². The maximum atomic E-state index is 5.60. The highest BCUT2D eigenvalue weighted by Crippen LogP contribution is 2.51. The van der Waals surface area contributed by atoms with Crippen LogP contribution in [-0.2, 0) is 13.0 Å². The zero-order chi connectivity index (χ0) is 14.9. The molecule has 1 aromatic carbocycles. The highest BCUT2D eigenvalue weighted by Gasteiger charge is 2.34. The van der Waals surface area contributed by atoms with E-state index in [9.17, 15) is 0 Å². The molecule has 5 nitrogen and oxygen atoms in total. The third kappa shape index (κ3) is 3.15. The van der Waals surface area contributed by atoms with Crippen LogP contribution in [0.5, 0.6) is 23.0 Å². The molecule has 21 heavy (non-hydrogen) atoms. The minimum Gasteiger partial charge on any atom is -1.00 e. The number of quaternary nitrogens is 1. The lowest BCUT2D eigenvalue weighted by molar-refractivity contribution is -0.905. The number of rotatable bonds is 4. The van der Waals surface area contributed by atoms with E-state index >= 15 is 0 Å². The number of methoxy groups -OCH3 is 4. The summed E-state index contributed by atoms with van der Waals surface area (Å²) in [5.74, 6) is 2.73. The molecule has 6 heteroatoms. The number of nitrogens with zero attached hydrogens (tertiary/aromatic N) is 1. The van der Waals surface area contributed by atoms with Crippen molar-refractivity contribution in [2.24, 2.45) is 0 Å². The summed E-state index contributed by atoms with van der Waals surface area (Å²) in [5, 5.41) is 0. The van der Waals surface area contributed by atoms with E-state index in [0.717, 1.165) is 41.1 Å². The number of hydrogen-bond donors (Lipinski definition) is 0. The molecule has 1 aromatic rings. The topological polar surface area (TPSA) is 36.9 Å². The van der Waals surface area contributed by atoms with Gasteiger partial charge in [-0.25, -0.2) is 0 Å². The van der Waals surface area contributed by atoms with Crippen molar-refractivity contribution >= 4 is 0 Å². The molecule has 0 radical (unpaired) electrons. The normalized spacial score (nSPS) is 15.5. The summed E-state index contributed by atoms with van der Waals surface area (Å²) in [6.07, 6.45) is 0.933. The number of ether oxygens (including phenoxy) is 4. The average Bonchev–Trinajstić information content (AvgIpc) is 2.43. The molecule has 0 fully saturated rings. The van der Waals surface area contributed by atoms with Crippen LogP contribution in [0.4, 0.5) is 0 Å². The Balaban J connectivity index is 0.00000220. The number of likely N-dealkylation sites (N-methyl/N-ethyl adjacent to an activating group) is 1. The van der Waals surface area contributed by atoms with Crippen LogP contribution in [0.15, 0.2) is 0 Å². The molecule has 0 atom stereocenters. The summed E-state index contributed by atoms with van der Waals surface area (Å²) in [6.45, 7) is 1.94. The van der Waals surface area contributed by atoms with Gasteiger partial charge in [0.2, 0.25) is 11.5 Å². The molecule has 0 N–H and O–H groups in total. The summed E-state index contributed by atoms with van der Waals surface area (Å²) in [4.78, 5) is 0. The molecule has 0 unspecified atom stereocenters. The van der Waals surface area contributed by atoms with Crippen molar-refractivity contribution in [1.29, 1.82) is 0 Å². The Bertz CT molecular complexity index is 492. The first-order valence-electron chi connectivity index (χ1n) is 6.68. The van der Waals surface area contributed by atoms with Crippen molar-refractivity contribution in [3.8, 4) is 23.0 Å². The van der Waals surface area contributed by atoms with Crippen molar-refractivity contribution in [2.45, 2.75) is 13.0 Å². The van der Waals surface area contributed by atoms with Gasteiger partial charge >= 0.3 is 0 Å². The summed E-state index contributed by atoms with van der Waals surface area (Å²) in [6, 6.07) is 0. The van der Waals surface area contributed by atoms with Crippen molar-refractivity contribution in [3.63, 3.8) is 0 Å². The van der Waals surface area contributed by atoms with Gasteiger partial charge in [-0.2, -0.15) is 0 Å². The monoisotopic (exact) mass is 409 g/mol. The van der Waals surface area contributed by atoms with E-state index in [4.69, 9.17) is 18.9 Å². The van der Waals surface area contributed by atoms with Crippen molar-refractivity contribution in [3.05, 3.63) is 11.1 Å². The minimum atomic E-state index is 0. The third-order valence-electron chi connectivity index (χ3n) is 3.90. The quantitative estimate of drug-likeness (QED) is 0.466. The molecule has 0 aliphatic carbocycles. The van der Waals surface area contributed by atoms with Crippen molar-refractivity contribution in [1.82, 2.24) is 0 Å². The molecular weight excluding hydrogens is 385 g/mol. The molecule has 120 valence electrons. The lowest BCUT2D eigenvalue weighted by Gasteiger charge is -2.36. The second kappa shape index (κ2) is 6.91. The van der Waals surface area contributed by atoms with Gasteiger partial charge in [0, 0.05) is 12.0 Å². The van der Waals surface area contributed by atoms with Gasteiger partial charge in [0.25, 0.3) is 0 Å². The first-order valence-corrected chi connectivity index (χ1v) is 6.68. The lowest BCUT2D eigenvalue weighted by Crippen LogP contribution is -3.00. The average molecular weight is 409 g/mol. The smallest absolute Gasteiger partial charge is 0.207 e. The lowest BCUT2D eigenvalue weighted by atomic mass is 9.95. The minimum absolute atomic E-state index is 0. The van der Waals surface area contributed by atoms with E-state index < -0.39 is 0 Å². The molecule has 0 aromatic heterocycles. The molecule has 1 heterocycles. The second-order valence-corrected chi connectivity index (χ2v) is 5.66. The van der Waals surface area contributed by atoms with Gasteiger partial charge in [0.1, 0.15) is 6.54 Å². The van der Waals surface area contributed by atoms with E-state index in [1.54, 1.807) is 28.4 Å². The van der Waals surface area contributed by atoms with Crippen LogP contribution in [-0.4, -0.2) is 53.6 Å². The van der Waals surface area contributed by atoms with E-state index in [0.29, 0.717) is 11.5 Å². The largest absolute Gasteiger partial charge is 1.00 e. The van der Waals surface area contributed by atoms with Gasteiger partial charge in [-0.1, -0.05) is 0 Å². The Labute approximate surface area is 143 Å². The van der Waals surface area contributed by atoms with Gasteiger partial charge < -0.3 is 47.4 Å². The molecule has 0 saturated carbocycles. The standard InChI is InChI=1S/C15H24NO4.HI/c1-16(2)8-7-10-11(9-16)13(18-4)15(20-6)14(19-5)12(10)17-3;/h7-9H2,1-6H3;1H/q+1;/p-1. The van der Waals surface area contributed by atoms with Crippen LogP contribution in [0.3, 0.4) is 0 Å². The van der Waals surface area contributed by atoms with Gasteiger partial charge in [-0.3, -0.25) is 0 Å². The van der Waals surface area contributed by atoms with Crippen LogP contribution in [0, 0.1) is 0 Å². The summed E-state index contributed by atoms with van der Waals surface area (Å²) >= 11 is 0. The first-order chi connectivity index (χ1) is 9.49. The molecule has 0 spiro atoms. The van der Waals surface area contributed by atoms with Crippen molar-refractivity contribution in [2.75, 3.05) is 49.1 Å². The maximum Gasteiger partial charge on any atom is 0.207 e. The number of hydrogen-bond acceptors (Lipinski definition) is 4. The number of halogens is 1. The van der Waals surface area contributed by atoms with Gasteiger partial charge in [0.05, 0.1) is 54.6 Å². The van der Waals surface area contributed by atoms with E-state index in [1.165, 1.54) is 5.56 Å². The van der Waals surface area contributed by atoms with Crippen LogP contribution < -0.4 is 42.9 Å². The second-order valence-electron chi connectivity index (χ2n) is 5.66. The van der Waals surface area contributed by atoms with Crippen LogP contribution >= 0.6 is 0 Å². The molecule has 0 saturated heterocycles. The predicted octanol–water partition coefficient (Wildman–Crippen LogP) is -1.14. The Morgan fingerprint density at radius 1 is 0.714 bits per heavy atom. The fourth-order valence-corrected chi connectivity index (χ4v) is 2.91. The summed E-state index contributed by atoms with van der Waals surface area (Å²) in [5.41, 5.74) is 2.32. The SMILES string of the molecule is COc1c2c(c(OC)c(OC)c1OC)C[N+](C)(C)CC2.[I-]. The van der Waals surface area contributed by atoms with Crippen LogP contribution in [0.25, 0.3) is 0 Å². The Morgan fingerprint density at radius 2 is 1.14 bits per heavy atom. The number of benzene rings is 1. The van der Waals surface area contributed by atoms with Crippen LogP contribution in [0.1, 0.15) is 11.1 Å². The summed E-state index contributed by atoms with van der Waals surface area (Å²) < 4.78 is 23.1. The summed E-state index contributed by atoms with van der Waals surface area (Å²) in [7, 11) is 11.0. The first kappa shape index (κ1) is 18.2. The molecule has 0 amide bonds. The third-order valence-corrected chi connectivity index (χ3v) is 3.90. The molecule has 0 bridgehead atoms. The highest BCUT2D eigenvalue weighted by atomic mass is 127. The maximum absolute atomic E-state index is 5.60. The van der Waals surface area contributed by atoms with Gasteiger partial charge in [-0.05, 0) is 0 Å². The number of fused-ring (bicyclic) bond motifs is 1. The predicted molar refractivity (Wildman–Crippen MR) is 77.0 cm³/mol. The van der Waals surface area contributed by atoms with Crippen molar-refractivity contribution < 1.29 is 47.4 Å². The fraction of sp³-hybridized carbons (Fsp3) is 0.600. The molecular formula is C15H24INO4. The Hall–Kier alpha value is -0.890. The van der Waals surface area contributed by atoms with E-state index in [-0.39, 0.29) is 24.0 Å².